The van der Waals surface area contributed by atoms with Gasteiger partial charge in [-0.15, -0.1) is 0 Å². The van der Waals surface area contributed by atoms with E-state index in [1.54, 1.807) is 24.3 Å². The predicted molar refractivity (Wildman–Crippen MR) is 93.8 cm³/mol. The zero-order chi connectivity index (χ0) is 19.0. The molecule has 3 heterocycles. The summed E-state index contributed by atoms with van der Waals surface area (Å²) in [5.74, 6) is 0.694. The maximum Gasteiger partial charge on any atom is 0.167 e. The lowest BCUT2D eigenvalue weighted by Crippen LogP contribution is -2.33. The monoisotopic (exact) mass is 373 g/mol. The van der Waals surface area contributed by atoms with Crippen molar-refractivity contribution in [2.24, 2.45) is 0 Å². The van der Waals surface area contributed by atoms with Gasteiger partial charge >= 0.3 is 0 Å². The summed E-state index contributed by atoms with van der Waals surface area (Å²) in [5.41, 5.74) is 1.85. The molecule has 0 saturated carbocycles. The maximum absolute atomic E-state index is 10.2. The Morgan fingerprint density at radius 1 is 1.07 bits per heavy atom. The van der Waals surface area contributed by atoms with Crippen molar-refractivity contribution in [1.82, 2.24) is 19.5 Å². The molecule has 10 heteroatoms. The molecule has 0 unspecified atom stereocenters. The van der Waals surface area contributed by atoms with E-state index in [1.807, 2.05) is 0 Å². The second kappa shape index (κ2) is 7.08. The van der Waals surface area contributed by atoms with Crippen LogP contribution in [0.1, 0.15) is 11.8 Å². The standard InChI is InChI=1S/C17H19N5O5/c23-6-11-13(25)14(26)17(27-11)22-8-21-12-15(19-7-20-16(12)22)18-5-9-1-3-10(24)4-2-9/h1-4,7-8,11,13-14,17,23-26H,5-6H2,(H,18,19,20)/t11-,13-,14+,17-/m1/s1. The Hall–Kier alpha value is -2.79. The predicted octanol–water partition coefficient (Wildman–Crippen LogP) is -0.245. The van der Waals surface area contributed by atoms with Crippen molar-refractivity contribution in [1.29, 1.82) is 0 Å². The van der Waals surface area contributed by atoms with Gasteiger partial charge in [0.05, 0.1) is 12.9 Å². The van der Waals surface area contributed by atoms with Crippen LogP contribution in [0.2, 0.25) is 0 Å². The Kier molecular flexibility index (Phi) is 4.62. The molecule has 1 saturated heterocycles. The van der Waals surface area contributed by atoms with E-state index < -0.39 is 31.1 Å². The molecule has 3 aromatic rings. The van der Waals surface area contributed by atoms with Gasteiger partial charge in [-0.2, -0.15) is 0 Å². The molecule has 0 amide bonds. The molecular weight excluding hydrogens is 354 g/mol. The average Bonchev–Trinajstić information content (AvgIpc) is 3.23. The molecule has 1 aliphatic rings. The molecule has 27 heavy (non-hydrogen) atoms. The first-order valence-corrected chi connectivity index (χ1v) is 8.40. The number of fused-ring (bicyclic) bond motifs is 1. The van der Waals surface area contributed by atoms with Crippen LogP contribution in [-0.2, 0) is 11.3 Å². The minimum absolute atomic E-state index is 0.195. The van der Waals surface area contributed by atoms with Crippen molar-refractivity contribution in [3.05, 3.63) is 42.5 Å². The summed E-state index contributed by atoms with van der Waals surface area (Å²) >= 11 is 0. The SMILES string of the molecule is OC[C@H]1O[C@@H](n2cnc3c(NCc4ccc(O)cc4)ncnc32)[C@@H](O)[C@@H]1O. The number of rotatable bonds is 5. The molecule has 5 N–H and O–H groups in total. The second-order valence-electron chi connectivity index (χ2n) is 6.30. The lowest BCUT2D eigenvalue weighted by atomic mass is 10.1. The number of benzene rings is 1. The van der Waals surface area contributed by atoms with E-state index in [9.17, 15) is 20.4 Å². The first kappa shape index (κ1) is 17.6. The number of hydrogen-bond acceptors (Lipinski definition) is 9. The molecule has 1 aromatic carbocycles. The first-order chi connectivity index (χ1) is 13.1. The fraction of sp³-hybridized carbons (Fsp3) is 0.353. The van der Waals surface area contributed by atoms with Crippen molar-refractivity contribution in [2.45, 2.75) is 31.1 Å². The van der Waals surface area contributed by atoms with Gasteiger partial charge in [-0.1, -0.05) is 12.1 Å². The van der Waals surface area contributed by atoms with Gasteiger partial charge < -0.3 is 30.5 Å². The summed E-state index contributed by atoms with van der Waals surface area (Å²) in [7, 11) is 0. The number of imidazole rings is 1. The highest BCUT2D eigenvalue weighted by molar-refractivity contribution is 5.82. The fourth-order valence-corrected chi connectivity index (χ4v) is 3.08. The van der Waals surface area contributed by atoms with E-state index in [0.29, 0.717) is 23.5 Å². The normalized spacial score (nSPS) is 25.1. The van der Waals surface area contributed by atoms with Crippen LogP contribution in [0.4, 0.5) is 5.82 Å². The summed E-state index contributed by atoms with van der Waals surface area (Å²) in [5, 5.41) is 41.9. The smallest absolute Gasteiger partial charge is 0.167 e. The topological polar surface area (TPSA) is 146 Å². The third-order valence-corrected chi connectivity index (χ3v) is 4.55. The van der Waals surface area contributed by atoms with Crippen LogP contribution in [0.25, 0.3) is 11.2 Å². The van der Waals surface area contributed by atoms with Gasteiger partial charge in [-0.05, 0) is 17.7 Å². The number of nitrogens with zero attached hydrogens (tertiary/aromatic N) is 4. The van der Waals surface area contributed by atoms with Crippen LogP contribution in [0.5, 0.6) is 5.75 Å². The minimum Gasteiger partial charge on any atom is -0.508 e. The molecule has 2 aromatic heterocycles. The molecule has 10 nitrogen and oxygen atoms in total. The number of aliphatic hydroxyl groups is 3. The van der Waals surface area contributed by atoms with E-state index in [4.69, 9.17) is 4.74 Å². The van der Waals surface area contributed by atoms with Crippen LogP contribution >= 0.6 is 0 Å². The van der Waals surface area contributed by atoms with Crippen molar-refractivity contribution < 1.29 is 25.2 Å². The zero-order valence-electron chi connectivity index (χ0n) is 14.2. The molecule has 0 spiro atoms. The van der Waals surface area contributed by atoms with E-state index in [1.165, 1.54) is 17.2 Å². The van der Waals surface area contributed by atoms with Crippen LogP contribution in [0.15, 0.2) is 36.9 Å². The van der Waals surface area contributed by atoms with E-state index in [2.05, 4.69) is 20.3 Å². The number of aliphatic hydroxyl groups excluding tert-OH is 3. The van der Waals surface area contributed by atoms with Crippen molar-refractivity contribution in [2.75, 3.05) is 11.9 Å². The quantitative estimate of drug-likeness (QED) is 0.409. The fourth-order valence-electron chi connectivity index (χ4n) is 3.08. The van der Waals surface area contributed by atoms with Gasteiger partial charge in [0.2, 0.25) is 0 Å². The Balaban J connectivity index is 1.59. The number of hydrogen-bond donors (Lipinski definition) is 5. The summed E-state index contributed by atoms with van der Waals surface area (Å²) in [6.07, 6.45) is -1.40. The maximum atomic E-state index is 10.2. The minimum atomic E-state index is -1.22. The first-order valence-electron chi connectivity index (χ1n) is 8.40. The highest BCUT2D eigenvalue weighted by Gasteiger charge is 2.44. The second-order valence-corrected chi connectivity index (χ2v) is 6.30. The van der Waals surface area contributed by atoms with E-state index >= 15 is 0 Å². The number of ether oxygens (including phenoxy) is 1. The Morgan fingerprint density at radius 3 is 2.56 bits per heavy atom. The lowest BCUT2D eigenvalue weighted by molar-refractivity contribution is -0.0511. The molecule has 1 fully saturated rings. The molecule has 1 aliphatic heterocycles. The molecule has 0 aliphatic carbocycles. The van der Waals surface area contributed by atoms with Crippen molar-refractivity contribution in [3.8, 4) is 5.75 Å². The molecule has 4 atom stereocenters. The summed E-state index contributed by atoms with van der Waals surface area (Å²) in [4.78, 5) is 12.7. The summed E-state index contributed by atoms with van der Waals surface area (Å²) in [6, 6.07) is 6.78. The third kappa shape index (κ3) is 3.19. The van der Waals surface area contributed by atoms with Crippen molar-refractivity contribution in [3.63, 3.8) is 0 Å². The van der Waals surface area contributed by atoms with Gasteiger partial charge in [-0.25, -0.2) is 15.0 Å². The number of phenolic OH excluding ortho intramolecular Hbond substituents is 1. The van der Waals surface area contributed by atoms with Crippen LogP contribution in [0, 0.1) is 0 Å². The zero-order valence-corrected chi connectivity index (χ0v) is 14.2. The number of aromatic nitrogens is 4. The number of phenols is 1. The average molecular weight is 373 g/mol. The largest absolute Gasteiger partial charge is 0.508 e. The van der Waals surface area contributed by atoms with Crippen LogP contribution in [0.3, 0.4) is 0 Å². The number of nitrogens with one attached hydrogen (secondary N) is 1. The van der Waals surface area contributed by atoms with E-state index in [0.717, 1.165) is 5.56 Å². The summed E-state index contributed by atoms with van der Waals surface area (Å²) in [6.45, 7) is 0.0584. The molecule has 0 radical (unpaired) electrons. The molecule has 142 valence electrons. The van der Waals surface area contributed by atoms with Crippen LogP contribution < -0.4 is 5.32 Å². The number of anilines is 1. The highest BCUT2D eigenvalue weighted by atomic mass is 16.6. The number of aromatic hydroxyl groups is 1. The molecule has 4 rings (SSSR count). The van der Waals surface area contributed by atoms with Crippen LogP contribution in [-0.4, -0.2) is 64.9 Å². The lowest BCUT2D eigenvalue weighted by Gasteiger charge is -2.16. The van der Waals surface area contributed by atoms with Crippen molar-refractivity contribution >= 4 is 17.0 Å². The van der Waals surface area contributed by atoms with Gasteiger partial charge in [-0.3, -0.25) is 4.57 Å². The molecule has 0 bridgehead atoms. The molecular formula is C17H19N5O5. The highest BCUT2D eigenvalue weighted by Crippen LogP contribution is 2.32. The summed E-state index contributed by atoms with van der Waals surface area (Å²) < 4.78 is 7.04. The van der Waals surface area contributed by atoms with Gasteiger partial charge in [0.25, 0.3) is 0 Å². The van der Waals surface area contributed by atoms with Gasteiger partial charge in [0.15, 0.2) is 23.2 Å². The third-order valence-electron chi connectivity index (χ3n) is 4.55. The van der Waals surface area contributed by atoms with Gasteiger partial charge in [0, 0.05) is 6.54 Å². The Labute approximate surface area is 153 Å². The Morgan fingerprint density at radius 2 is 1.85 bits per heavy atom. The van der Waals surface area contributed by atoms with E-state index in [-0.39, 0.29) is 5.75 Å². The Bertz CT molecular complexity index is 931. The van der Waals surface area contributed by atoms with Gasteiger partial charge in [0.1, 0.15) is 30.4 Å².